The van der Waals surface area contributed by atoms with Crippen LogP contribution in [0.5, 0.6) is 5.75 Å². The van der Waals surface area contributed by atoms with Crippen molar-refractivity contribution in [2.24, 2.45) is 10.2 Å². The zero-order valence-corrected chi connectivity index (χ0v) is 17.0. The van der Waals surface area contributed by atoms with Gasteiger partial charge in [0.2, 0.25) is 0 Å². The average Bonchev–Trinajstić information content (AvgIpc) is 3.00. The van der Waals surface area contributed by atoms with Crippen LogP contribution in [0.15, 0.2) is 46.6 Å². The van der Waals surface area contributed by atoms with Crippen LogP contribution in [0.25, 0.3) is 12.2 Å². The van der Waals surface area contributed by atoms with E-state index >= 15 is 0 Å². The molecule has 2 aromatic carbocycles. The summed E-state index contributed by atoms with van der Waals surface area (Å²) in [6.45, 7) is 1.72. The summed E-state index contributed by atoms with van der Waals surface area (Å²) in [5.41, 5.74) is 3.16. The van der Waals surface area contributed by atoms with Gasteiger partial charge in [-0.3, -0.25) is 15.0 Å². The van der Waals surface area contributed by atoms with Gasteiger partial charge in [-0.25, -0.2) is 13.8 Å². The Hall–Kier alpha value is -4.08. The average molecular weight is 442 g/mol. The molecular formula is C22H20F2N4O4. The zero-order valence-electron chi connectivity index (χ0n) is 17.0. The number of aliphatic carboxylic acids is 1. The van der Waals surface area contributed by atoms with Crippen LogP contribution < -0.4 is 5.43 Å². The number of rotatable bonds is 8. The molecule has 0 saturated carbocycles. The lowest BCUT2D eigenvalue weighted by atomic mass is 10.1. The number of carbonyl (C=O) groups is 2. The molecule has 10 heteroatoms. The van der Waals surface area contributed by atoms with Gasteiger partial charge in [0.1, 0.15) is 17.4 Å². The number of carboxylic acids is 1. The minimum atomic E-state index is -0.963. The lowest BCUT2D eigenvalue weighted by Crippen LogP contribution is -2.29. The molecular weight excluding hydrogens is 422 g/mol. The van der Waals surface area contributed by atoms with Gasteiger partial charge in [-0.05, 0) is 37.6 Å². The summed E-state index contributed by atoms with van der Waals surface area (Å²) in [5, 5.41) is 28.4. The van der Waals surface area contributed by atoms with Gasteiger partial charge in [0.05, 0.1) is 11.4 Å². The molecule has 0 radical (unpaired) electrons. The summed E-state index contributed by atoms with van der Waals surface area (Å²) in [5.74, 6) is -3.16. The third-order valence-corrected chi connectivity index (χ3v) is 4.60. The van der Waals surface area contributed by atoms with E-state index in [1.54, 1.807) is 19.1 Å². The van der Waals surface area contributed by atoms with Gasteiger partial charge >= 0.3 is 5.97 Å². The molecule has 166 valence electrons. The van der Waals surface area contributed by atoms with Gasteiger partial charge < -0.3 is 10.2 Å². The van der Waals surface area contributed by atoms with Crippen molar-refractivity contribution in [3.63, 3.8) is 0 Å². The molecule has 1 aliphatic rings. The van der Waals surface area contributed by atoms with Crippen molar-refractivity contribution >= 4 is 41.1 Å². The fourth-order valence-corrected chi connectivity index (χ4v) is 2.96. The molecule has 1 amide bonds. The Kier molecular flexibility index (Phi) is 6.93. The van der Waals surface area contributed by atoms with Crippen LogP contribution in [0.1, 0.15) is 30.9 Å². The number of halogens is 2. The number of para-hydroxylation sites is 1. The number of carboxylic acid groups (broad SMARTS) is 1. The van der Waals surface area contributed by atoms with Crippen molar-refractivity contribution in [1.29, 1.82) is 0 Å². The van der Waals surface area contributed by atoms with Gasteiger partial charge in [-0.1, -0.05) is 24.3 Å². The van der Waals surface area contributed by atoms with E-state index < -0.39 is 23.5 Å². The molecule has 3 N–H and O–H groups in total. The van der Waals surface area contributed by atoms with E-state index in [2.05, 4.69) is 15.6 Å². The summed E-state index contributed by atoms with van der Waals surface area (Å²) in [7, 11) is 0. The van der Waals surface area contributed by atoms with Gasteiger partial charge in [-0.15, -0.1) is 0 Å². The number of benzene rings is 2. The lowest BCUT2D eigenvalue weighted by Gasteiger charge is -2.10. The molecule has 3 rings (SSSR count). The van der Waals surface area contributed by atoms with Crippen LogP contribution in [0, 0.1) is 11.6 Å². The zero-order chi connectivity index (χ0) is 23.3. The molecule has 32 heavy (non-hydrogen) atoms. The second-order valence-electron chi connectivity index (χ2n) is 6.90. The molecule has 0 unspecified atom stereocenters. The molecule has 0 aromatic heterocycles. The van der Waals surface area contributed by atoms with E-state index in [1.807, 2.05) is 0 Å². The number of nitrogens with one attached hydrogen (secondary N) is 1. The van der Waals surface area contributed by atoms with Crippen LogP contribution in [-0.4, -0.2) is 45.1 Å². The Morgan fingerprint density at radius 2 is 1.88 bits per heavy atom. The van der Waals surface area contributed by atoms with Crippen LogP contribution in [-0.2, 0) is 9.59 Å². The fraction of sp³-hybridized carbons (Fsp3) is 0.182. The highest BCUT2D eigenvalue weighted by molar-refractivity contribution is 6.68. The van der Waals surface area contributed by atoms with Crippen molar-refractivity contribution in [1.82, 2.24) is 5.01 Å². The van der Waals surface area contributed by atoms with Crippen molar-refractivity contribution in [3.05, 3.63) is 59.2 Å². The first-order valence-corrected chi connectivity index (χ1v) is 9.65. The highest BCUT2D eigenvalue weighted by Gasteiger charge is 2.29. The number of phenols is 1. The van der Waals surface area contributed by atoms with Crippen molar-refractivity contribution in [2.75, 3.05) is 12.0 Å². The molecule has 0 aliphatic carbocycles. The number of anilines is 1. The maximum Gasteiger partial charge on any atom is 0.303 e. The van der Waals surface area contributed by atoms with Crippen LogP contribution in [0.4, 0.5) is 14.5 Å². The molecule has 8 nitrogen and oxygen atoms in total. The van der Waals surface area contributed by atoms with Crippen LogP contribution in [0.2, 0.25) is 0 Å². The Morgan fingerprint density at radius 3 is 2.56 bits per heavy atom. The lowest BCUT2D eigenvalue weighted by molar-refractivity contribution is -0.137. The number of hydrogen-bond donors (Lipinski definition) is 3. The van der Waals surface area contributed by atoms with Gasteiger partial charge in [-0.2, -0.15) is 10.2 Å². The summed E-state index contributed by atoms with van der Waals surface area (Å²) in [6, 6.07) is 8.16. The second kappa shape index (κ2) is 9.82. The summed E-state index contributed by atoms with van der Waals surface area (Å²) in [4.78, 5) is 23.1. The van der Waals surface area contributed by atoms with E-state index in [-0.39, 0.29) is 47.7 Å². The highest BCUT2D eigenvalue weighted by atomic mass is 19.1. The first-order valence-electron chi connectivity index (χ1n) is 9.65. The predicted molar refractivity (Wildman–Crippen MR) is 116 cm³/mol. The maximum absolute atomic E-state index is 13.8. The number of aromatic hydroxyl groups is 1. The molecule has 0 saturated heterocycles. The number of hydrazone groups is 2. The number of nitrogens with zero attached hydrogens (tertiary/aromatic N) is 3. The maximum atomic E-state index is 13.8. The Labute approximate surface area is 182 Å². The fourth-order valence-electron chi connectivity index (χ4n) is 2.96. The van der Waals surface area contributed by atoms with Gasteiger partial charge in [0.25, 0.3) is 5.91 Å². The largest absolute Gasteiger partial charge is 0.505 e. The molecule has 0 bridgehead atoms. The van der Waals surface area contributed by atoms with Gasteiger partial charge in [0.15, 0.2) is 5.71 Å². The van der Waals surface area contributed by atoms with Gasteiger partial charge in [0, 0.05) is 24.1 Å². The van der Waals surface area contributed by atoms with Crippen LogP contribution >= 0.6 is 0 Å². The molecule has 1 aliphatic heterocycles. The first-order chi connectivity index (χ1) is 15.3. The first kappa shape index (κ1) is 22.6. The number of carbonyl (C=O) groups excluding carboxylic acids is 1. The summed E-state index contributed by atoms with van der Waals surface area (Å²) in [6.07, 6.45) is 2.72. The smallest absolute Gasteiger partial charge is 0.303 e. The molecule has 0 atom stereocenters. The van der Waals surface area contributed by atoms with Crippen molar-refractivity contribution < 1.29 is 28.6 Å². The Bertz CT molecular complexity index is 1120. The van der Waals surface area contributed by atoms with E-state index in [1.165, 1.54) is 24.3 Å². The quantitative estimate of drug-likeness (QED) is 0.328. The number of amides is 1. The van der Waals surface area contributed by atoms with Crippen LogP contribution in [0.3, 0.4) is 0 Å². The summed E-state index contributed by atoms with van der Waals surface area (Å²) >= 11 is 0. The van der Waals surface area contributed by atoms with E-state index in [9.17, 15) is 23.5 Å². The van der Waals surface area contributed by atoms with Crippen molar-refractivity contribution in [2.45, 2.75) is 19.8 Å². The predicted octanol–water partition coefficient (Wildman–Crippen LogP) is 3.69. The van der Waals surface area contributed by atoms with Crippen molar-refractivity contribution in [3.8, 4) is 5.75 Å². The monoisotopic (exact) mass is 442 g/mol. The number of phenolic OH excluding ortho intramolecular Hbond substituents is 1. The minimum Gasteiger partial charge on any atom is -0.505 e. The summed E-state index contributed by atoms with van der Waals surface area (Å²) < 4.78 is 27.6. The SMILES string of the molecule is CC1=NN(CCCC(=O)O)C(=O)/C1=N\Nc1cccc(/C=C/c2c(F)cccc2F)c1O. The third-order valence-electron chi connectivity index (χ3n) is 4.60. The topological polar surface area (TPSA) is 115 Å². The molecule has 0 spiro atoms. The normalized spacial score (nSPS) is 15.0. The van der Waals surface area contributed by atoms with E-state index in [4.69, 9.17) is 5.11 Å². The molecule has 1 heterocycles. The standard InChI is InChI=1S/C22H20F2N4O4/c1-13-20(22(32)28(27-13)12-4-9-19(29)30)26-25-18-8-2-5-14(21(18)31)10-11-15-16(23)6-3-7-17(15)24/h2-3,5-8,10-11,25,31H,4,9,12H2,1H3,(H,29,30)/b11-10+,26-20-. The van der Waals surface area contributed by atoms with E-state index in [0.717, 1.165) is 17.1 Å². The minimum absolute atomic E-state index is 0.0223. The number of hydrogen-bond acceptors (Lipinski definition) is 6. The highest BCUT2D eigenvalue weighted by Crippen LogP contribution is 2.29. The van der Waals surface area contributed by atoms with E-state index in [0.29, 0.717) is 5.71 Å². The third kappa shape index (κ3) is 5.15. The molecule has 0 fully saturated rings. The second-order valence-corrected chi connectivity index (χ2v) is 6.90. The molecule has 2 aromatic rings. The Balaban J connectivity index is 1.74. The Morgan fingerprint density at radius 1 is 1.19 bits per heavy atom.